The zero-order valence-electron chi connectivity index (χ0n) is 10.4. The van der Waals surface area contributed by atoms with Gasteiger partial charge in [0.15, 0.2) is 0 Å². The number of nitrogens with one attached hydrogen (secondary N) is 1. The van der Waals surface area contributed by atoms with Crippen molar-refractivity contribution >= 4 is 5.69 Å². The SMILES string of the molecule is CN(CC1CNc2ccccc2O1)C1CCC1. The Hall–Kier alpha value is -1.22. The first-order chi connectivity index (χ1) is 8.33. The predicted octanol–water partition coefficient (Wildman–Crippen LogP) is 2.34. The van der Waals surface area contributed by atoms with Crippen molar-refractivity contribution in [2.45, 2.75) is 31.4 Å². The molecule has 3 nitrogen and oxygen atoms in total. The third-order valence-corrected chi connectivity index (χ3v) is 3.89. The Labute approximate surface area is 103 Å². The number of para-hydroxylation sites is 2. The molecule has 1 unspecified atom stereocenters. The van der Waals surface area contributed by atoms with Crippen molar-refractivity contribution in [1.82, 2.24) is 4.90 Å². The number of nitrogens with zero attached hydrogens (tertiary/aromatic N) is 1. The van der Waals surface area contributed by atoms with Crippen LogP contribution in [0.5, 0.6) is 5.75 Å². The lowest BCUT2D eigenvalue weighted by atomic mass is 9.91. The number of fused-ring (bicyclic) bond motifs is 1. The Morgan fingerprint density at radius 3 is 2.94 bits per heavy atom. The summed E-state index contributed by atoms with van der Waals surface area (Å²) in [4.78, 5) is 2.45. The van der Waals surface area contributed by atoms with Gasteiger partial charge in [0.1, 0.15) is 11.9 Å². The summed E-state index contributed by atoms with van der Waals surface area (Å²) in [7, 11) is 2.22. The molecule has 1 aliphatic heterocycles. The summed E-state index contributed by atoms with van der Waals surface area (Å²) < 4.78 is 6.02. The minimum absolute atomic E-state index is 0.274. The molecule has 0 bridgehead atoms. The number of anilines is 1. The van der Waals surface area contributed by atoms with E-state index in [0.29, 0.717) is 0 Å². The van der Waals surface area contributed by atoms with Gasteiger partial charge in [0.2, 0.25) is 0 Å². The van der Waals surface area contributed by atoms with Gasteiger partial charge in [-0.3, -0.25) is 4.90 Å². The van der Waals surface area contributed by atoms with E-state index >= 15 is 0 Å². The van der Waals surface area contributed by atoms with E-state index in [1.807, 2.05) is 18.2 Å². The second-order valence-electron chi connectivity index (χ2n) is 5.14. The highest BCUT2D eigenvalue weighted by Crippen LogP contribution is 2.29. The lowest BCUT2D eigenvalue weighted by Crippen LogP contribution is -2.46. The Morgan fingerprint density at radius 1 is 1.35 bits per heavy atom. The third kappa shape index (κ3) is 2.25. The van der Waals surface area contributed by atoms with Crippen LogP contribution in [0, 0.1) is 0 Å². The minimum atomic E-state index is 0.274. The second kappa shape index (κ2) is 4.57. The number of rotatable bonds is 3. The molecule has 17 heavy (non-hydrogen) atoms. The molecule has 1 atom stereocenters. The average molecular weight is 232 g/mol. The largest absolute Gasteiger partial charge is 0.485 e. The van der Waals surface area contributed by atoms with Gasteiger partial charge in [0.25, 0.3) is 0 Å². The number of benzene rings is 1. The number of likely N-dealkylation sites (N-methyl/N-ethyl adjacent to an activating group) is 1. The van der Waals surface area contributed by atoms with Crippen molar-refractivity contribution in [3.8, 4) is 5.75 Å². The molecule has 0 aromatic heterocycles. The lowest BCUT2D eigenvalue weighted by molar-refractivity contribution is 0.0938. The van der Waals surface area contributed by atoms with Crippen molar-refractivity contribution in [3.63, 3.8) is 0 Å². The van der Waals surface area contributed by atoms with E-state index in [1.54, 1.807) is 0 Å². The zero-order chi connectivity index (χ0) is 11.7. The predicted molar refractivity (Wildman–Crippen MR) is 69.6 cm³/mol. The minimum Gasteiger partial charge on any atom is -0.485 e. The summed E-state index contributed by atoms with van der Waals surface area (Å²) in [5.41, 5.74) is 1.12. The van der Waals surface area contributed by atoms with Gasteiger partial charge in [-0.15, -0.1) is 0 Å². The van der Waals surface area contributed by atoms with Crippen molar-refractivity contribution in [3.05, 3.63) is 24.3 Å². The molecular weight excluding hydrogens is 212 g/mol. The van der Waals surface area contributed by atoms with Crippen LogP contribution in [0.2, 0.25) is 0 Å². The summed E-state index contributed by atoms with van der Waals surface area (Å²) in [6.07, 6.45) is 4.37. The number of ether oxygens (including phenoxy) is 1. The zero-order valence-corrected chi connectivity index (χ0v) is 10.4. The second-order valence-corrected chi connectivity index (χ2v) is 5.14. The molecule has 2 aliphatic rings. The first-order valence-corrected chi connectivity index (χ1v) is 6.53. The first kappa shape index (κ1) is 10.9. The van der Waals surface area contributed by atoms with Crippen LogP contribution < -0.4 is 10.1 Å². The molecule has 1 saturated carbocycles. The Bertz CT molecular complexity index is 390. The highest BCUT2D eigenvalue weighted by atomic mass is 16.5. The summed E-state index contributed by atoms with van der Waals surface area (Å²) in [6.45, 7) is 1.93. The molecule has 0 radical (unpaired) electrons. The standard InChI is InChI=1S/C14H20N2O/c1-16(11-5-4-6-11)10-12-9-15-13-7-2-3-8-14(13)17-12/h2-3,7-8,11-12,15H,4-6,9-10H2,1H3. The fourth-order valence-electron chi connectivity index (χ4n) is 2.56. The van der Waals surface area contributed by atoms with Crippen molar-refractivity contribution < 1.29 is 4.74 Å². The van der Waals surface area contributed by atoms with Crippen molar-refractivity contribution in [1.29, 1.82) is 0 Å². The van der Waals surface area contributed by atoms with Gasteiger partial charge < -0.3 is 10.1 Å². The van der Waals surface area contributed by atoms with Gasteiger partial charge in [0.05, 0.1) is 12.2 Å². The smallest absolute Gasteiger partial charge is 0.142 e. The van der Waals surface area contributed by atoms with E-state index in [9.17, 15) is 0 Å². The molecule has 1 heterocycles. The van der Waals surface area contributed by atoms with Crippen LogP contribution in [-0.2, 0) is 0 Å². The van der Waals surface area contributed by atoms with Crippen LogP contribution in [0.1, 0.15) is 19.3 Å². The van der Waals surface area contributed by atoms with Crippen molar-refractivity contribution in [2.75, 3.05) is 25.5 Å². The maximum absolute atomic E-state index is 6.02. The molecule has 92 valence electrons. The van der Waals surface area contributed by atoms with E-state index in [-0.39, 0.29) is 6.10 Å². The molecule has 1 fully saturated rings. The van der Waals surface area contributed by atoms with Gasteiger partial charge in [-0.05, 0) is 32.0 Å². The molecule has 3 rings (SSSR count). The number of hydrogen-bond donors (Lipinski definition) is 1. The number of hydrogen-bond acceptors (Lipinski definition) is 3. The molecule has 0 amide bonds. The summed E-state index contributed by atoms with van der Waals surface area (Å²) in [5.74, 6) is 0.991. The Balaban J connectivity index is 1.60. The van der Waals surface area contributed by atoms with Crippen LogP contribution >= 0.6 is 0 Å². The van der Waals surface area contributed by atoms with Crippen LogP contribution in [0.3, 0.4) is 0 Å². The lowest BCUT2D eigenvalue weighted by Gasteiger charge is -2.38. The van der Waals surface area contributed by atoms with Crippen LogP contribution in [0.15, 0.2) is 24.3 Å². The van der Waals surface area contributed by atoms with Gasteiger partial charge in [-0.25, -0.2) is 0 Å². The van der Waals surface area contributed by atoms with Gasteiger partial charge >= 0.3 is 0 Å². The monoisotopic (exact) mass is 232 g/mol. The van der Waals surface area contributed by atoms with Crippen LogP contribution in [0.4, 0.5) is 5.69 Å². The van der Waals surface area contributed by atoms with Crippen LogP contribution in [0.25, 0.3) is 0 Å². The molecule has 1 N–H and O–H groups in total. The van der Waals surface area contributed by atoms with E-state index in [2.05, 4.69) is 23.3 Å². The van der Waals surface area contributed by atoms with E-state index in [0.717, 1.165) is 30.6 Å². The van der Waals surface area contributed by atoms with E-state index in [4.69, 9.17) is 4.74 Å². The molecule has 0 saturated heterocycles. The summed E-state index contributed by atoms with van der Waals surface area (Å²) in [6, 6.07) is 8.96. The Morgan fingerprint density at radius 2 is 2.18 bits per heavy atom. The average Bonchev–Trinajstić information content (AvgIpc) is 2.26. The van der Waals surface area contributed by atoms with Gasteiger partial charge in [0, 0.05) is 12.6 Å². The van der Waals surface area contributed by atoms with Crippen LogP contribution in [-0.4, -0.2) is 37.2 Å². The summed E-state index contributed by atoms with van der Waals surface area (Å²) in [5, 5.41) is 3.44. The van der Waals surface area contributed by atoms with Gasteiger partial charge in [-0.1, -0.05) is 18.6 Å². The molecular formula is C14H20N2O. The fourth-order valence-corrected chi connectivity index (χ4v) is 2.56. The molecule has 3 heteroatoms. The maximum Gasteiger partial charge on any atom is 0.142 e. The van der Waals surface area contributed by atoms with Crippen molar-refractivity contribution in [2.24, 2.45) is 0 Å². The Kier molecular flexibility index (Phi) is 2.93. The highest BCUT2D eigenvalue weighted by molar-refractivity contribution is 5.57. The molecule has 1 aliphatic carbocycles. The normalized spacial score (nSPS) is 23.5. The highest BCUT2D eigenvalue weighted by Gasteiger charge is 2.26. The summed E-state index contributed by atoms with van der Waals surface area (Å²) >= 11 is 0. The van der Waals surface area contributed by atoms with Gasteiger partial charge in [-0.2, -0.15) is 0 Å². The fraction of sp³-hybridized carbons (Fsp3) is 0.571. The van der Waals surface area contributed by atoms with E-state index < -0.39 is 0 Å². The third-order valence-electron chi connectivity index (χ3n) is 3.89. The molecule has 1 aromatic rings. The first-order valence-electron chi connectivity index (χ1n) is 6.53. The quantitative estimate of drug-likeness (QED) is 0.865. The molecule has 0 spiro atoms. The molecule has 1 aromatic carbocycles. The van der Waals surface area contributed by atoms with E-state index in [1.165, 1.54) is 19.3 Å². The maximum atomic E-state index is 6.02. The topological polar surface area (TPSA) is 24.5 Å².